The second-order valence-electron chi connectivity index (χ2n) is 3.75. The first kappa shape index (κ1) is 10.6. The first-order chi connectivity index (χ1) is 7.68. The summed E-state index contributed by atoms with van der Waals surface area (Å²) in [5.74, 6) is 1.38. The minimum Gasteiger partial charge on any atom is -0.383 e. The molecule has 0 saturated carbocycles. The third kappa shape index (κ3) is 2.04. The molecule has 2 aromatic rings. The van der Waals surface area contributed by atoms with E-state index in [9.17, 15) is 0 Å². The Morgan fingerprint density at radius 3 is 2.81 bits per heavy atom. The first-order valence-corrected chi connectivity index (χ1v) is 5.10. The van der Waals surface area contributed by atoms with Crippen LogP contribution in [-0.2, 0) is 13.5 Å². The molecule has 0 aliphatic rings. The molecule has 0 aromatic carbocycles. The maximum absolute atomic E-state index is 6.07. The Hall–Kier alpha value is -1.88. The zero-order valence-electron chi connectivity index (χ0n) is 9.17. The summed E-state index contributed by atoms with van der Waals surface area (Å²) in [5, 5.41) is 0. The Labute approximate surface area is 94.1 Å². The SMILES string of the molecule is Cn1ccnc1C(N)Cc1cccnc1N. The van der Waals surface area contributed by atoms with E-state index in [-0.39, 0.29) is 6.04 Å². The molecule has 2 rings (SSSR count). The van der Waals surface area contributed by atoms with Crippen LogP contribution in [0.1, 0.15) is 17.4 Å². The van der Waals surface area contributed by atoms with Gasteiger partial charge in [0.2, 0.25) is 0 Å². The van der Waals surface area contributed by atoms with E-state index in [0.29, 0.717) is 12.2 Å². The zero-order valence-corrected chi connectivity index (χ0v) is 9.17. The van der Waals surface area contributed by atoms with E-state index < -0.39 is 0 Å². The molecule has 2 heterocycles. The molecule has 0 aliphatic carbocycles. The van der Waals surface area contributed by atoms with Crippen LogP contribution >= 0.6 is 0 Å². The van der Waals surface area contributed by atoms with Crippen molar-refractivity contribution in [1.82, 2.24) is 14.5 Å². The van der Waals surface area contributed by atoms with Crippen LogP contribution in [0.2, 0.25) is 0 Å². The average Bonchev–Trinajstić information content (AvgIpc) is 2.68. The summed E-state index contributed by atoms with van der Waals surface area (Å²) in [7, 11) is 1.93. The summed E-state index contributed by atoms with van der Waals surface area (Å²) in [6, 6.07) is 3.63. The van der Waals surface area contributed by atoms with Gasteiger partial charge in [-0.1, -0.05) is 6.07 Å². The lowest BCUT2D eigenvalue weighted by Gasteiger charge is -2.12. The van der Waals surface area contributed by atoms with Gasteiger partial charge >= 0.3 is 0 Å². The molecule has 0 fully saturated rings. The Balaban J connectivity index is 2.17. The van der Waals surface area contributed by atoms with Crippen LogP contribution in [0.15, 0.2) is 30.7 Å². The van der Waals surface area contributed by atoms with Gasteiger partial charge in [0, 0.05) is 25.6 Å². The van der Waals surface area contributed by atoms with Gasteiger partial charge < -0.3 is 16.0 Å². The third-order valence-electron chi connectivity index (χ3n) is 2.56. The highest BCUT2D eigenvalue weighted by Crippen LogP contribution is 2.16. The molecule has 16 heavy (non-hydrogen) atoms. The molecule has 0 amide bonds. The van der Waals surface area contributed by atoms with Crippen LogP contribution in [-0.4, -0.2) is 14.5 Å². The van der Waals surface area contributed by atoms with Gasteiger partial charge in [0.1, 0.15) is 11.6 Å². The highest BCUT2D eigenvalue weighted by molar-refractivity contribution is 5.39. The van der Waals surface area contributed by atoms with Crippen molar-refractivity contribution in [2.75, 3.05) is 5.73 Å². The van der Waals surface area contributed by atoms with Gasteiger partial charge in [0.05, 0.1) is 6.04 Å². The maximum Gasteiger partial charge on any atom is 0.126 e. The normalized spacial score (nSPS) is 12.6. The third-order valence-corrected chi connectivity index (χ3v) is 2.56. The van der Waals surface area contributed by atoms with Gasteiger partial charge in [-0.25, -0.2) is 9.97 Å². The van der Waals surface area contributed by atoms with Crippen molar-refractivity contribution in [3.8, 4) is 0 Å². The number of rotatable bonds is 3. The number of nitrogen functional groups attached to an aromatic ring is 1. The van der Waals surface area contributed by atoms with E-state index >= 15 is 0 Å². The number of nitrogens with zero attached hydrogens (tertiary/aromatic N) is 3. The van der Waals surface area contributed by atoms with Gasteiger partial charge in [0.15, 0.2) is 0 Å². The molecule has 5 heteroatoms. The van der Waals surface area contributed by atoms with E-state index in [4.69, 9.17) is 11.5 Å². The molecule has 1 unspecified atom stereocenters. The van der Waals surface area contributed by atoms with Crippen LogP contribution < -0.4 is 11.5 Å². The molecule has 0 radical (unpaired) electrons. The fraction of sp³-hybridized carbons (Fsp3) is 0.273. The summed E-state index contributed by atoms with van der Waals surface area (Å²) in [4.78, 5) is 8.25. The predicted octanol–water partition coefficient (Wildman–Crippen LogP) is 0.640. The molecular formula is C11H15N5. The average molecular weight is 217 g/mol. The minimum atomic E-state index is -0.161. The number of pyridine rings is 1. The quantitative estimate of drug-likeness (QED) is 0.790. The van der Waals surface area contributed by atoms with Crippen molar-refractivity contribution in [1.29, 1.82) is 0 Å². The molecule has 0 bridgehead atoms. The molecule has 4 N–H and O–H groups in total. The fourth-order valence-electron chi connectivity index (χ4n) is 1.69. The van der Waals surface area contributed by atoms with Crippen molar-refractivity contribution in [2.24, 2.45) is 12.8 Å². The summed E-state index contributed by atoms with van der Waals surface area (Å²) in [6.45, 7) is 0. The molecule has 0 aliphatic heterocycles. The maximum atomic E-state index is 6.07. The number of imidazole rings is 1. The van der Waals surface area contributed by atoms with Crippen LogP contribution in [0.5, 0.6) is 0 Å². The van der Waals surface area contributed by atoms with Crippen molar-refractivity contribution in [3.05, 3.63) is 42.1 Å². The smallest absolute Gasteiger partial charge is 0.126 e. The molecule has 0 saturated heterocycles. The number of anilines is 1. The fourth-order valence-corrected chi connectivity index (χ4v) is 1.69. The van der Waals surface area contributed by atoms with E-state index in [2.05, 4.69) is 9.97 Å². The minimum absolute atomic E-state index is 0.161. The monoisotopic (exact) mass is 217 g/mol. The molecular weight excluding hydrogens is 202 g/mol. The van der Waals surface area contributed by atoms with Gasteiger partial charge in [-0.3, -0.25) is 0 Å². The molecule has 2 aromatic heterocycles. The first-order valence-electron chi connectivity index (χ1n) is 5.10. The highest BCUT2D eigenvalue weighted by Gasteiger charge is 2.13. The lowest BCUT2D eigenvalue weighted by molar-refractivity contribution is 0.632. The van der Waals surface area contributed by atoms with Crippen LogP contribution in [0.3, 0.4) is 0 Å². The molecule has 84 valence electrons. The second kappa shape index (κ2) is 4.32. The van der Waals surface area contributed by atoms with Gasteiger partial charge in [-0.15, -0.1) is 0 Å². The lowest BCUT2D eigenvalue weighted by atomic mass is 10.1. The highest BCUT2D eigenvalue weighted by atomic mass is 15.1. The van der Waals surface area contributed by atoms with Crippen molar-refractivity contribution >= 4 is 5.82 Å². The number of nitrogens with two attached hydrogens (primary N) is 2. The lowest BCUT2D eigenvalue weighted by Crippen LogP contribution is -2.18. The Morgan fingerprint density at radius 1 is 1.38 bits per heavy atom. The van der Waals surface area contributed by atoms with Crippen LogP contribution in [0.4, 0.5) is 5.82 Å². The summed E-state index contributed by atoms with van der Waals surface area (Å²) in [6.07, 6.45) is 5.93. The number of aromatic nitrogens is 3. The van der Waals surface area contributed by atoms with Crippen LogP contribution in [0.25, 0.3) is 0 Å². The van der Waals surface area contributed by atoms with E-state index in [1.165, 1.54) is 0 Å². The summed E-state index contributed by atoms with van der Waals surface area (Å²) in [5.41, 5.74) is 12.8. The number of hydrogen-bond acceptors (Lipinski definition) is 4. The molecule has 0 spiro atoms. The number of aryl methyl sites for hydroxylation is 1. The van der Waals surface area contributed by atoms with Crippen LogP contribution in [0, 0.1) is 0 Å². The topological polar surface area (TPSA) is 82.8 Å². The van der Waals surface area contributed by atoms with E-state index in [1.807, 2.05) is 29.9 Å². The van der Waals surface area contributed by atoms with Gasteiger partial charge in [0.25, 0.3) is 0 Å². The van der Waals surface area contributed by atoms with Crippen molar-refractivity contribution < 1.29 is 0 Å². The largest absolute Gasteiger partial charge is 0.383 e. The molecule has 5 nitrogen and oxygen atoms in total. The van der Waals surface area contributed by atoms with E-state index in [0.717, 1.165) is 11.4 Å². The molecule has 1 atom stereocenters. The summed E-state index contributed by atoms with van der Waals surface area (Å²) >= 11 is 0. The Bertz CT molecular complexity index is 477. The van der Waals surface area contributed by atoms with E-state index in [1.54, 1.807) is 12.4 Å². The predicted molar refractivity (Wildman–Crippen MR) is 62.5 cm³/mol. The summed E-state index contributed by atoms with van der Waals surface area (Å²) < 4.78 is 1.91. The Kier molecular flexibility index (Phi) is 2.87. The van der Waals surface area contributed by atoms with Gasteiger partial charge in [-0.2, -0.15) is 0 Å². The Morgan fingerprint density at radius 2 is 2.19 bits per heavy atom. The zero-order chi connectivity index (χ0) is 11.5. The number of hydrogen-bond donors (Lipinski definition) is 2. The van der Waals surface area contributed by atoms with Gasteiger partial charge in [-0.05, 0) is 18.1 Å². The standard InChI is InChI=1S/C11H15N5/c1-16-6-5-15-11(16)9(12)7-8-3-2-4-14-10(8)13/h2-6,9H,7,12H2,1H3,(H2,13,14). The second-order valence-corrected chi connectivity index (χ2v) is 3.75. The van der Waals surface area contributed by atoms with Crippen molar-refractivity contribution in [3.63, 3.8) is 0 Å². The van der Waals surface area contributed by atoms with Crippen molar-refractivity contribution in [2.45, 2.75) is 12.5 Å².